The summed E-state index contributed by atoms with van der Waals surface area (Å²) in [7, 11) is 0. The van der Waals surface area contributed by atoms with Crippen LogP contribution in [0.1, 0.15) is 58.3 Å². The van der Waals surface area contributed by atoms with Crippen LogP contribution in [0.25, 0.3) is 0 Å². The normalized spacial score (nSPS) is 9.93. The van der Waals surface area contributed by atoms with Gasteiger partial charge in [0, 0.05) is 6.42 Å². The average molecular weight is 217 g/mol. The van der Waals surface area contributed by atoms with Gasteiger partial charge in [0.2, 0.25) is 0 Å². The molecule has 15 heavy (non-hydrogen) atoms. The van der Waals surface area contributed by atoms with Crippen LogP contribution in [0, 0.1) is 10.1 Å². The van der Waals surface area contributed by atoms with Crippen molar-refractivity contribution in [2.24, 2.45) is 0 Å². The molecule has 0 N–H and O–H groups in total. The highest BCUT2D eigenvalue weighted by Gasteiger charge is 2.05. The van der Waals surface area contributed by atoms with Crippen molar-refractivity contribution < 1.29 is 14.7 Å². The molecule has 0 fully saturated rings. The van der Waals surface area contributed by atoms with Crippen molar-refractivity contribution in [1.82, 2.24) is 0 Å². The van der Waals surface area contributed by atoms with E-state index in [1.54, 1.807) is 0 Å². The third-order valence-corrected chi connectivity index (χ3v) is 2.16. The molecule has 0 aromatic rings. The minimum Gasteiger partial charge on any atom is -0.268 e. The highest BCUT2D eigenvalue weighted by molar-refractivity contribution is 5.68. The Labute approximate surface area is 89.9 Å². The van der Waals surface area contributed by atoms with Crippen LogP contribution in [0.15, 0.2) is 0 Å². The average Bonchev–Trinajstić information content (AvgIpc) is 2.15. The molecule has 0 atom stereocenters. The zero-order chi connectivity index (χ0) is 11.5. The zero-order valence-corrected chi connectivity index (χ0v) is 9.24. The minimum absolute atomic E-state index is 0.148. The van der Waals surface area contributed by atoms with Crippen LogP contribution < -0.4 is 0 Å². The zero-order valence-electron chi connectivity index (χ0n) is 9.24. The van der Waals surface area contributed by atoms with Gasteiger partial charge in [-0.1, -0.05) is 45.4 Å². The van der Waals surface area contributed by atoms with Crippen molar-refractivity contribution in [2.45, 2.75) is 58.3 Å². The molecule has 0 saturated carbocycles. The first-order valence-electron chi connectivity index (χ1n) is 5.52. The molecule has 5 heteroatoms. The number of carbonyl (C=O) groups is 1. The first-order chi connectivity index (χ1) is 7.16. The molecule has 0 bridgehead atoms. The van der Waals surface area contributed by atoms with E-state index in [1.807, 2.05) is 0 Å². The predicted octanol–water partition coefficient (Wildman–Crippen LogP) is 2.86. The Morgan fingerprint density at radius 3 is 2.20 bits per heavy atom. The van der Waals surface area contributed by atoms with Crippen molar-refractivity contribution in [1.29, 1.82) is 0 Å². The quantitative estimate of drug-likeness (QED) is 0.338. The van der Waals surface area contributed by atoms with Gasteiger partial charge in [-0.2, -0.15) is 0 Å². The molecule has 0 radical (unpaired) electrons. The lowest BCUT2D eigenvalue weighted by atomic mass is 10.1. The first-order valence-corrected chi connectivity index (χ1v) is 5.52. The van der Waals surface area contributed by atoms with E-state index in [1.165, 1.54) is 25.7 Å². The number of unbranched alkanes of at least 4 members (excludes halogenated alkanes) is 6. The van der Waals surface area contributed by atoms with E-state index in [9.17, 15) is 14.9 Å². The Bertz CT molecular complexity index is 194. The van der Waals surface area contributed by atoms with Crippen LogP contribution in [-0.2, 0) is 9.63 Å². The predicted molar refractivity (Wildman–Crippen MR) is 55.7 cm³/mol. The van der Waals surface area contributed by atoms with Gasteiger partial charge in [-0.15, -0.1) is 10.1 Å². The van der Waals surface area contributed by atoms with Gasteiger partial charge in [0.05, 0.1) is 0 Å². The SMILES string of the molecule is CCCCCCCCCC(=O)O[N+](=O)[O-]. The molecule has 0 aromatic carbocycles. The molecule has 0 rings (SSSR count). The highest BCUT2D eigenvalue weighted by atomic mass is 17.0. The molecule has 0 aromatic heterocycles. The highest BCUT2D eigenvalue weighted by Crippen LogP contribution is 2.08. The van der Waals surface area contributed by atoms with E-state index in [0.717, 1.165) is 12.8 Å². The second kappa shape index (κ2) is 9.43. The number of hydrogen-bond donors (Lipinski definition) is 0. The molecule has 0 heterocycles. The maximum Gasteiger partial charge on any atom is 0.303 e. The molecule has 0 saturated heterocycles. The molecule has 5 nitrogen and oxygen atoms in total. The Morgan fingerprint density at radius 2 is 1.67 bits per heavy atom. The van der Waals surface area contributed by atoms with E-state index in [4.69, 9.17) is 0 Å². The summed E-state index contributed by atoms with van der Waals surface area (Å²) in [5, 5.41) is 8.73. The molecular formula is C10H19NO4. The largest absolute Gasteiger partial charge is 0.303 e. The number of carbonyl (C=O) groups excluding carboxylic acids is 1. The Kier molecular flexibility index (Phi) is 8.72. The van der Waals surface area contributed by atoms with E-state index in [2.05, 4.69) is 11.8 Å². The second-order valence-electron chi connectivity index (χ2n) is 3.56. The Balaban J connectivity index is 3.16. The number of nitrogens with zero attached hydrogens (tertiary/aromatic N) is 1. The van der Waals surface area contributed by atoms with Gasteiger partial charge in [0.25, 0.3) is 0 Å². The van der Waals surface area contributed by atoms with Crippen molar-refractivity contribution in [3.05, 3.63) is 10.1 Å². The molecule has 0 unspecified atom stereocenters. The van der Waals surface area contributed by atoms with Gasteiger partial charge < -0.3 is 0 Å². The lowest BCUT2D eigenvalue weighted by molar-refractivity contribution is -0.729. The summed E-state index contributed by atoms with van der Waals surface area (Å²) in [4.78, 5) is 24.3. The van der Waals surface area contributed by atoms with Gasteiger partial charge >= 0.3 is 11.1 Å². The van der Waals surface area contributed by atoms with Gasteiger partial charge in [-0.3, -0.25) is 4.79 Å². The monoisotopic (exact) mass is 217 g/mol. The number of rotatable bonds is 9. The summed E-state index contributed by atoms with van der Waals surface area (Å²) in [6.07, 6.45) is 7.74. The summed E-state index contributed by atoms with van der Waals surface area (Å²) in [6.45, 7) is 2.16. The summed E-state index contributed by atoms with van der Waals surface area (Å²) in [5.74, 6) is -0.742. The third-order valence-electron chi connectivity index (χ3n) is 2.16. The molecule has 0 amide bonds. The van der Waals surface area contributed by atoms with Crippen LogP contribution in [0.5, 0.6) is 0 Å². The van der Waals surface area contributed by atoms with Crippen LogP contribution in [0.2, 0.25) is 0 Å². The molecule has 0 aliphatic rings. The fourth-order valence-corrected chi connectivity index (χ4v) is 1.36. The smallest absolute Gasteiger partial charge is 0.268 e. The fourth-order valence-electron chi connectivity index (χ4n) is 1.36. The maximum atomic E-state index is 10.7. The summed E-state index contributed by atoms with van der Waals surface area (Å²) in [5.41, 5.74) is 0. The number of hydrogen-bond acceptors (Lipinski definition) is 4. The van der Waals surface area contributed by atoms with Crippen molar-refractivity contribution in [2.75, 3.05) is 0 Å². The van der Waals surface area contributed by atoms with Gasteiger partial charge in [-0.05, 0) is 6.42 Å². The van der Waals surface area contributed by atoms with Crippen LogP contribution in [0.3, 0.4) is 0 Å². The molecule has 0 aliphatic heterocycles. The third kappa shape index (κ3) is 10.8. The van der Waals surface area contributed by atoms with Crippen molar-refractivity contribution >= 4 is 5.97 Å². The summed E-state index contributed by atoms with van der Waals surface area (Å²) >= 11 is 0. The lowest BCUT2D eigenvalue weighted by Gasteiger charge is -2.00. The topological polar surface area (TPSA) is 69.4 Å². The van der Waals surface area contributed by atoms with E-state index < -0.39 is 11.1 Å². The van der Waals surface area contributed by atoms with Crippen LogP contribution in [0.4, 0.5) is 0 Å². The Morgan fingerprint density at radius 1 is 1.13 bits per heavy atom. The fraction of sp³-hybridized carbons (Fsp3) is 0.900. The second-order valence-corrected chi connectivity index (χ2v) is 3.56. The van der Waals surface area contributed by atoms with E-state index >= 15 is 0 Å². The maximum absolute atomic E-state index is 10.7. The van der Waals surface area contributed by atoms with Gasteiger partial charge in [0.15, 0.2) is 0 Å². The lowest BCUT2D eigenvalue weighted by Crippen LogP contribution is -2.09. The van der Waals surface area contributed by atoms with E-state index in [-0.39, 0.29) is 6.42 Å². The first kappa shape index (κ1) is 13.9. The standard InChI is InChI=1S/C10H19NO4/c1-2-3-4-5-6-7-8-9-10(12)15-11(13)14/h2-9H2,1H3. The van der Waals surface area contributed by atoms with Crippen molar-refractivity contribution in [3.63, 3.8) is 0 Å². The Hall–Kier alpha value is -1.13. The van der Waals surface area contributed by atoms with Gasteiger partial charge in [0.1, 0.15) is 0 Å². The van der Waals surface area contributed by atoms with Crippen LogP contribution >= 0.6 is 0 Å². The van der Waals surface area contributed by atoms with Gasteiger partial charge in [-0.25, -0.2) is 4.84 Å². The molecule has 0 aliphatic carbocycles. The van der Waals surface area contributed by atoms with E-state index in [0.29, 0.717) is 6.42 Å². The molecule has 88 valence electrons. The van der Waals surface area contributed by atoms with Crippen LogP contribution in [-0.4, -0.2) is 11.1 Å². The minimum atomic E-state index is -1.05. The summed E-state index contributed by atoms with van der Waals surface area (Å²) in [6, 6.07) is 0. The summed E-state index contributed by atoms with van der Waals surface area (Å²) < 4.78 is 0. The molecular weight excluding hydrogens is 198 g/mol. The van der Waals surface area contributed by atoms with Crippen molar-refractivity contribution in [3.8, 4) is 0 Å². The molecule has 0 spiro atoms.